The van der Waals surface area contributed by atoms with Gasteiger partial charge in [-0.15, -0.1) is 0 Å². The highest BCUT2D eigenvalue weighted by Crippen LogP contribution is 2.38. The van der Waals surface area contributed by atoms with E-state index in [0.717, 1.165) is 27.6 Å². The zero-order valence-electron chi connectivity index (χ0n) is 11.9. The molecule has 21 heavy (non-hydrogen) atoms. The Bertz CT molecular complexity index is 833. The maximum Gasteiger partial charge on any atom is 0.162 e. The number of fused-ring (bicyclic) bond motifs is 2. The molecule has 0 N–H and O–H groups in total. The molecule has 0 radical (unpaired) electrons. The summed E-state index contributed by atoms with van der Waals surface area (Å²) in [6.07, 6.45) is 0. The summed E-state index contributed by atoms with van der Waals surface area (Å²) in [5, 5.41) is 2.28. The van der Waals surface area contributed by atoms with E-state index in [2.05, 4.69) is 4.98 Å². The number of aromatic nitrogens is 1. The Morgan fingerprint density at radius 3 is 2.14 bits per heavy atom. The standard InChI is InChI=1S/C16H14ClNO3/c1-19-9-4-5-12-10(6-9)16(17)11-7-14(20-2)15(21-3)8-13(11)18-12/h4-8H,1-3H3. The molecule has 0 unspecified atom stereocenters. The first-order valence-electron chi connectivity index (χ1n) is 6.37. The van der Waals surface area contributed by atoms with Crippen LogP contribution in [0.1, 0.15) is 0 Å². The zero-order chi connectivity index (χ0) is 15.0. The van der Waals surface area contributed by atoms with E-state index >= 15 is 0 Å². The number of methoxy groups -OCH3 is 3. The lowest BCUT2D eigenvalue weighted by Crippen LogP contribution is -1.93. The van der Waals surface area contributed by atoms with Gasteiger partial charge in [-0.05, 0) is 24.3 Å². The third kappa shape index (κ3) is 2.21. The van der Waals surface area contributed by atoms with E-state index in [9.17, 15) is 0 Å². The Labute approximate surface area is 127 Å². The van der Waals surface area contributed by atoms with Gasteiger partial charge in [-0.25, -0.2) is 4.98 Å². The van der Waals surface area contributed by atoms with Crippen molar-refractivity contribution in [2.24, 2.45) is 0 Å². The first-order chi connectivity index (χ1) is 10.2. The minimum absolute atomic E-state index is 0.620. The predicted molar refractivity (Wildman–Crippen MR) is 83.9 cm³/mol. The number of halogens is 1. The molecule has 0 amide bonds. The minimum Gasteiger partial charge on any atom is -0.497 e. The van der Waals surface area contributed by atoms with Crippen molar-refractivity contribution in [3.8, 4) is 17.2 Å². The van der Waals surface area contributed by atoms with E-state index in [4.69, 9.17) is 25.8 Å². The molecule has 0 atom stereocenters. The van der Waals surface area contributed by atoms with E-state index in [-0.39, 0.29) is 0 Å². The van der Waals surface area contributed by atoms with E-state index in [1.165, 1.54) is 0 Å². The quantitative estimate of drug-likeness (QED) is 0.684. The second-order valence-corrected chi connectivity index (χ2v) is 4.91. The Morgan fingerprint density at radius 1 is 0.810 bits per heavy atom. The maximum absolute atomic E-state index is 6.54. The normalized spacial score (nSPS) is 10.9. The second kappa shape index (κ2) is 5.30. The molecule has 0 spiro atoms. The Hall–Kier alpha value is -2.20. The lowest BCUT2D eigenvalue weighted by Gasteiger charge is -2.11. The molecule has 0 bridgehead atoms. The molecular weight excluding hydrogens is 290 g/mol. The van der Waals surface area contributed by atoms with Gasteiger partial charge in [0.2, 0.25) is 0 Å². The van der Waals surface area contributed by atoms with Gasteiger partial charge < -0.3 is 14.2 Å². The molecule has 3 aromatic rings. The fraction of sp³-hybridized carbons (Fsp3) is 0.188. The first kappa shape index (κ1) is 13.8. The van der Waals surface area contributed by atoms with Gasteiger partial charge in [0.25, 0.3) is 0 Å². The number of rotatable bonds is 3. The Morgan fingerprint density at radius 2 is 1.48 bits per heavy atom. The van der Waals surface area contributed by atoms with Gasteiger partial charge in [-0.3, -0.25) is 0 Å². The number of hydrogen-bond acceptors (Lipinski definition) is 4. The van der Waals surface area contributed by atoms with Crippen molar-refractivity contribution in [2.75, 3.05) is 21.3 Å². The summed E-state index contributed by atoms with van der Waals surface area (Å²) in [4.78, 5) is 4.62. The van der Waals surface area contributed by atoms with Crippen molar-refractivity contribution >= 4 is 33.4 Å². The van der Waals surface area contributed by atoms with Crippen molar-refractivity contribution in [3.05, 3.63) is 35.4 Å². The third-order valence-corrected chi connectivity index (χ3v) is 3.83. The van der Waals surface area contributed by atoms with Crippen LogP contribution in [0.4, 0.5) is 0 Å². The first-order valence-corrected chi connectivity index (χ1v) is 6.74. The van der Waals surface area contributed by atoms with Crippen LogP contribution in [-0.2, 0) is 0 Å². The molecule has 1 aromatic heterocycles. The summed E-state index contributed by atoms with van der Waals surface area (Å²) >= 11 is 6.54. The van der Waals surface area contributed by atoms with Crippen LogP contribution in [0.2, 0.25) is 5.02 Å². The highest BCUT2D eigenvalue weighted by atomic mass is 35.5. The van der Waals surface area contributed by atoms with Crippen LogP contribution in [0.5, 0.6) is 17.2 Å². The minimum atomic E-state index is 0.620. The fourth-order valence-electron chi connectivity index (χ4n) is 2.33. The average Bonchev–Trinajstić information content (AvgIpc) is 2.53. The lowest BCUT2D eigenvalue weighted by atomic mass is 10.1. The van der Waals surface area contributed by atoms with Crippen LogP contribution in [0.15, 0.2) is 30.3 Å². The van der Waals surface area contributed by atoms with Gasteiger partial charge >= 0.3 is 0 Å². The molecule has 0 saturated carbocycles. The maximum atomic E-state index is 6.54. The van der Waals surface area contributed by atoms with Gasteiger partial charge in [-0.2, -0.15) is 0 Å². The van der Waals surface area contributed by atoms with Crippen LogP contribution in [0, 0.1) is 0 Å². The monoisotopic (exact) mass is 303 g/mol. The van der Waals surface area contributed by atoms with Gasteiger partial charge in [-0.1, -0.05) is 11.6 Å². The summed E-state index contributed by atoms with van der Waals surface area (Å²) in [5.41, 5.74) is 1.57. The molecule has 1 heterocycles. The molecule has 0 fully saturated rings. The van der Waals surface area contributed by atoms with E-state index in [1.807, 2.05) is 30.3 Å². The number of ether oxygens (including phenoxy) is 3. The summed E-state index contributed by atoms with van der Waals surface area (Å²) in [6.45, 7) is 0. The van der Waals surface area contributed by atoms with Crippen LogP contribution < -0.4 is 14.2 Å². The number of nitrogens with zero attached hydrogens (tertiary/aromatic N) is 1. The molecule has 4 nitrogen and oxygen atoms in total. The number of hydrogen-bond donors (Lipinski definition) is 0. The van der Waals surface area contributed by atoms with Crippen LogP contribution >= 0.6 is 11.6 Å². The zero-order valence-corrected chi connectivity index (χ0v) is 12.7. The molecule has 0 aliphatic carbocycles. The predicted octanol–water partition coefficient (Wildman–Crippen LogP) is 4.07. The fourth-order valence-corrected chi connectivity index (χ4v) is 2.63. The molecule has 5 heteroatoms. The SMILES string of the molecule is COc1ccc2nc3cc(OC)c(OC)cc3c(Cl)c2c1. The second-order valence-electron chi connectivity index (χ2n) is 4.53. The smallest absolute Gasteiger partial charge is 0.162 e. The molecule has 0 aliphatic rings. The Balaban J connectivity index is 2.38. The molecule has 108 valence electrons. The Kier molecular flexibility index (Phi) is 3.47. The third-order valence-electron chi connectivity index (χ3n) is 3.42. The van der Waals surface area contributed by atoms with Crippen molar-refractivity contribution in [3.63, 3.8) is 0 Å². The lowest BCUT2D eigenvalue weighted by molar-refractivity contribution is 0.356. The van der Waals surface area contributed by atoms with Crippen molar-refractivity contribution in [1.82, 2.24) is 4.98 Å². The van der Waals surface area contributed by atoms with E-state index < -0.39 is 0 Å². The molecule has 0 aliphatic heterocycles. The van der Waals surface area contributed by atoms with Gasteiger partial charge in [0.15, 0.2) is 11.5 Å². The van der Waals surface area contributed by atoms with Crippen molar-refractivity contribution in [2.45, 2.75) is 0 Å². The molecule has 3 rings (SSSR count). The van der Waals surface area contributed by atoms with Gasteiger partial charge in [0, 0.05) is 16.8 Å². The van der Waals surface area contributed by atoms with Crippen LogP contribution in [0.3, 0.4) is 0 Å². The summed E-state index contributed by atoms with van der Waals surface area (Å²) in [7, 11) is 4.81. The number of benzene rings is 2. The van der Waals surface area contributed by atoms with Crippen molar-refractivity contribution in [1.29, 1.82) is 0 Å². The number of pyridine rings is 1. The van der Waals surface area contributed by atoms with Crippen LogP contribution in [-0.4, -0.2) is 26.3 Å². The molecule has 0 saturated heterocycles. The van der Waals surface area contributed by atoms with Gasteiger partial charge in [0.05, 0.1) is 37.4 Å². The van der Waals surface area contributed by atoms with Gasteiger partial charge in [0.1, 0.15) is 5.75 Å². The topological polar surface area (TPSA) is 40.6 Å². The van der Waals surface area contributed by atoms with Crippen LogP contribution in [0.25, 0.3) is 21.8 Å². The molecular formula is C16H14ClNO3. The summed E-state index contributed by atoms with van der Waals surface area (Å²) < 4.78 is 15.9. The largest absolute Gasteiger partial charge is 0.497 e. The molecule has 2 aromatic carbocycles. The highest BCUT2D eigenvalue weighted by molar-refractivity contribution is 6.40. The van der Waals surface area contributed by atoms with E-state index in [0.29, 0.717) is 16.5 Å². The van der Waals surface area contributed by atoms with E-state index in [1.54, 1.807) is 21.3 Å². The summed E-state index contributed by atoms with van der Waals surface area (Å²) in [6, 6.07) is 9.28. The summed E-state index contributed by atoms with van der Waals surface area (Å²) in [5.74, 6) is 1.99. The van der Waals surface area contributed by atoms with Crippen molar-refractivity contribution < 1.29 is 14.2 Å². The highest BCUT2D eigenvalue weighted by Gasteiger charge is 2.13. The average molecular weight is 304 g/mol.